The number of aryl methyl sites for hydroxylation is 1. The molecule has 1 aliphatic heterocycles. The number of ether oxygens (including phenoxy) is 1. The number of thiocarbonyl (C=S) groups is 1. The van der Waals surface area contributed by atoms with Crippen molar-refractivity contribution in [2.45, 2.75) is 38.3 Å². The molecule has 1 spiro atoms. The molecule has 27 heavy (non-hydrogen) atoms. The molecule has 2 aromatic carbocycles. The molecule has 0 bridgehead atoms. The van der Waals surface area contributed by atoms with Gasteiger partial charge in [-0.25, -0.2) is 0 Å². The first kappa shape index (κ1) is 17.9. The van der Waals surface area contributed by atoms with E-state index < -0.39 is 5.66 Å². The Bertz CT molecular complexity index is 928. The van der Waals surface area contributed by atoms with Crippen LogP contribution in [0.3, 0.4) is 0 Å². The van der Waals surface area contributed by atoms with E-state index in [0.717, 1.165) is 48.3 Å². The lowest BCUT2D eigenvalue weighted by atomic mass is 10.1. The van der Waals surface area contributed by atoms with Crippen LogP contribution in [0.1, 0.15) is 47.2 Å². The number of aliphatic imine (C=N–C) groups is 1. The van der Waals surface area contributed by atoms with Gasteiger partial charge in [-0.2, -0.15) is 0 Å². The van der Waals surface area contributed by atoms with Crippen LogP contribution < -0.4 is 4.74 Å². The second-order valence-electron chi connectivity index (χ2n) is 7.19. The number of rotatable bonds is 3. The molecule has 5 heteroatoms. The average molecular weight is 378 g/mol. The summed E-state index contributed by atoms with van der Waals surface area (Å²) in [5.74, 6) is 0.726. The van der Waals surface area contributed by atoms with Gasteiger partial charge in [0.2, 0.25) is 0 Å². The first-order chi connectivity index (χ1) is 13.0. The van der Waals surface area contributed by atoms with Crippen LogP contribution in [0.4, 0.5) is 0 Å². The van der Waals surface area contributed by atoms with Crippen molar-refractivity contribution >= 4 is 28.8 Å². The summed E-state index contributed by atoms with van der Waals surface area (Å²) in [5, 5.41) is 0. The number of hydrogen-bond acceptors (Lipinski definition) is 4. The molecule has 2 aromatic rings. The molecule has 4 nitrogen and oxygen atoms in total. The van der Waals surface area contributed by atoms with Crippen LogP contribution in [0, 0.1) is 6.92 Å². The van der Waals surface area contributed by atoms with Crippen molar-refractivity contribution in [3.63, 3.8) is 0 Å². The largest absolute Gasteiger partial charge is 0.497 e. The smallest absolute Gasteiger partial charge is 0.260 e. The fourth-order valence-corrected chi connectivity index (χ4v) is 4.42. The molecule has 138 valence electrons. The quantitative estimate of drug-likeness (QED) is 0.736. The molecule has 0 aromatic heterocycles. The van der Waals surface area contributed by atoms with Crippen molar-refractivity contribution in [2.75, 3.05) is 7.11 Å². The second-order valence-corrected chi connectivity index (χ2v) is 7.58. The third-order valence-electron chi connectivity index (χ3n) is 5.38. The number of benzene rings is 2. The molecule has 1 aliphatic carbocycles. The maximum Gasteiger partial charge on any atom is 0.260 e. The van der Waals surface area contributed by atoms with Crippen molar-refractivity contribution in [2.24, 2.45) is 4.99 Å². The molecule has 0 atom stereocenters. The van der Waals surface area contributed by atoms with Crippen LogP contribution in [0.25, 0.3) is 0 Å². The van der Waals surface area contributed by atoms with Crippen LogP contribution in [-0.2, 0) is 0 Å². The highest BCUT2D eigenvalue weighted by Crippen LogP contribution is 2.42. The summed E-state index contributed by atoms with van der Waals surface area (Å²) in [6.45, 7) is 1.99. The van der Waals surface area contributed by atoms with Gasteiger partial charge in [-0.05, 0) is 69.0 Å². The highest BCUT2D eigenvalue weighted by molar-refractivity contribution is 7.82. The molecule has 2 aliphatic rings. The second kappa shape index (κ2) is 6.89. The highest BCUT2D eigenvalue weighted by Gasteiger charge is 2.50. The van der Waals surface area contributed by atoms with Crippen LogP contribution in [0.15, 0.2) is 53.5 Å². The Morgan fingerprint density at radius 3 is 2.48 bits per heavy atom. The van der Waals surface area contributed by atoms with Crippen molar-refractivity contribution < 1.29 is 9.53 Å². The van der Waals surface area contributed by atoms with Gasteiger partial charge in [0.15, 0.2) is 0 Å². The molecule has 1 amide bonds. The molecule has 4 rings (SSSR count). The van der Waals surface area contributed by atoms with E-state index in [4.69, 9.17) is 21.9 Å². The minimum atomic E-state index is -0.535. The number of methoxy groups -OCH3 is 1. The van der Waals surface area contributed by atoms with E-state index in [9.17, 15) is 4.79 Å². The summed E-state index contributed by atoms with van der Waals surface area (Å²) in [6, 6.07) is 15.4. The zero-order valence-corrected chi connectivity index (χ0v) is 16.4. The molecule has 1 saturated carbocycles. The molecule has 0 radical (unpaired) electrons. The van der Waals surface area contributed by atoms with Crippen molar-refractivity contribution in [1.82, 2.24) is 4.90 Å². The Balaban J connectivity index is 1.74. The van der Waals surface area contributed by atoms with Gasteiger partial charge < -0.3 is 4.74 Å². The van der Waals surface area contributed by atoms with Gasteiger partial charge >= 0.3 is 0 Å². The highest BCUT2D eigenvalue weighted by atomic mass is 32.1. The van der Waals surface area contributed by atoms with E-state index in [-0.39, 0.29) is 5.91 Å². The first-order valence-electron chi connectivity index (χ1n) is 9.24. The Labute approximate surface area is 164 Å². The van der Waals surface area contributed by atoms with E-state index in [1.807, 2.05) is 55.5 Å². The topological polar surface area (TPSA) is 41.9 Å². The van der Waals surface area contributed by atoms with Crippen LogP contribution >= 0.6 is 12.2 Å². The minimum absolute atomic E-state index is 0.0575. The lowest BCUT2D eigenvalue weighted by Gasteiger charge is -2.32. The Kier molecular flexibility index (Phi) is 4.56. The summed E-state index contributed by atoms with van der Waals surface area (Å²) in [5.41, 5.74) is 2.84. The van der Waals surface area contributed by atoms with E-state index in [0.29, 0.717) is 10.6 Å². The van der Waals surface area contributed by atoms with E-state index in [1.54, 1.807) is 12.0 Å². The van der Waals surface area contributed by atoms with Gasteiger partial charge in [0.25, 0.3) is 5.91 Å². The fraction of sp³-hybridized carbons (Fsp3) is 0.318. The summed E-state index contributed by atoms with van der Waals surface area (Å²) >= 11 is 5.77. The van der Waals surface area contributed by atoms with Gasteiger partial charge in [0.05, 0.1) is 7.11 Å². The Hall–Kier alpha value is -2.53. The predicted octanol–water partition coefficient (Wildman–Crippen LogP) is 4.55. The number of carbonyl (C=O) groups excluding carboxylic acids is 1. The predicted molar refractivity (Wildman–Crippen MR) is 111 cm³/mol. The molecular weight excluding hydrogens is 356 g/mol. The summed E-state index contributed by atoms with van der Waals surface area (Å²) in [6.07, 6.45) is 3.81. The number of carbonyl (C=O) groups is 1. The van der Waals surface area contributed by atoms with Crippen molar-refractivity contribution in [3.8, 4) is 5.75 Å². The van der Waals surface area contributed by atoms with E-state index >= 15 is 0 Å². The van der Waals surface area contributed by atoms with Crippen LogP contribution in [0.2, 0.25) is 0 Å². The molecule has 0 N–H and O–H groups in total. The Morgan fingerprint density at radius 2 is 1.85 bits per heavy atom. The van der Waals surface area contributed by atoms with Gasteiger partial charge in [0, 0.05) is 11.1 Å². The monoisotopic (exact) mass is 378 g/mol. The van der Waals surface area contributed by atoms with E-state index in [2.05, 4.69) is 0 Å². The number of amides is 1. The Morgan fingerprint density at radius 1 is 1.15 bits per heavy atom. The van der Waals surface area contributed by atoms with Gasteiger partial charge in [0.1, 0.15) is 22.1 Å². The molecule has 0 saturated heterocycles. The molecule has 1 fully saturated rings. The third kappa shape index (κ3) is 3.06. The first-order valence-corrected chi connectivity index (χ1v) is 9.65. The normalized spacial score (nSPS) is 18.1. The summed E-state index contributed by atoms with van der Waals surface area (Å²) in [7, 11) is 1.64. The third-order valence-corrected chi connectivity index (χ3v) is 5.75. The number of hydrogen-bond donors (Lipinski definition) is 0. The lowest BCUT2D eigenvalue weighted by molar-refractivity contribution is 0.0724. The SMILES string of the molecule is COc1ccc(C2=NC3(CCCC3)N(C(=O)c3cccc(C)c3)C2=S)cc1. The van der Waals surface area contributed by atoms with Crippen LogP contribution in [0.5, 0.6) is 5.75 Å². The summed E-state index contributed by atoms with van der Waals surface area (Å²) in [4.78, 5) is 20.7. The van der Waals surface area contributed by atoms with Gasteiger partial charge in [-0.3, -0.25) is 14.7 Å². The molecule has 0 unspecified atom stereocenters. The van der Waals surface area contributed by atoms with Gasteiger partial charge in [-0.1, -0.05) is 29.9 Å². The maximum atomic E-state index is 13.4. The molecular formula is C22H22N2O2S. The zero-order valence-electron chi connectivity index (χ0n) is 15.6. The molecule has 1 heterocycles. The maximum absolute atomic E-state index is 13.4. The zero-order chi connectivity index (χ0) is 19.0. The standard InChI is InChI=1S/C22H22N2O2S/c1-15-6-5-7-17(14-15)20(25)24-21(27)19(23-22(24)12-3-4-13-22)16-8-10-18(26-2)11-9-16/h5-11,14H,3-4,12-13H2,1-2H3. The average Bonchev–Trinajstić information content (AvgIpc) is 3.26. The van der Waals surface area contributed by atoms with E-state index in [1.165, 1.54) is 0 Å². The van der Waals surface area contributed by atoms with Crippen LogP contribution in [-0.4, -0.2) is 34.3 Å². The van der Waals surface area contributed by atoms with Crippen molar-refractivity contribution in [1.29, 1.82) is 0 Å². The van der Waals surface area contributed by atoms with Gasteiger partial charge in [-0.15, -0.1) is 0 Å². The number of nitrogens with zero attached hydrogens (tertiary/aromatic N) is 2. The minimum Gasteiger partial charge on any atom is -0.497 e. The lowest BCUT2D eigenvalue weighted by Crippen LogP contribution is -2.48. The van der Waals surface area contributed by atoms with Crippen molar-refractivity contribution in [3.05, 3.63) is 65.2 Å². The summed E-state index contributed by atoms with van der Waals surface area (Å²) < 4.78 is 5.24. The fourth-order valence-electron chi connectivity index (χ4n) is 4.00.